The van der Waals surface area contributed by atoms with Crippen LogP contribution in [-0.2, 0) is 4.79 Å². The van der Waals surface area contributed by atoms with Crippen molar-refractivity contribution in [1.82, 2.24) is 16.0 Å². The molecule has 0 atom stereocenters. The van der Waals surface area contributed by atoms with Gasteiger partial charge in [0.05, 0.1) is 13.1 Å². The number of guanidine groups is 1. The van der Waals surface area contributed by atoms with Gasteiger partial charge in [-0.15, -0.1) is 24.0 Å². The fourth-order valence-corrected chi connectivity index (χ4v) is 2.15. The van der Waals surface area contributed by atoms with Crippen molar-refractivity contribution in [2.75, 3.05) is 33.5 Å². The molecule has 9 heteroatoms. The molecule has 0 bridgehead atoms. The zero-order valence-corrected chi connectivity index (χ0v) is 17.9. The first-order chi connectivity index (χ1) is 11.9. The zero-order chi connectivity index (χ0) is 18.3. The second-order valence-corrected chi connectivity index (χ2v) is 6.51. The topological polar surface area (TPSA) is 93.2 Å². The maximum absolute atomic E-state index is 11.8. The van der Waals surface area contributed by atoms with Crippen LogP contribution in [0, 0.1) is 0 Å². The molecule has 1 aliphatic rings. The van der Waals surface area contributed by atoms with E-state index in [0.29, 0.717) is 30.6 Å². The number of carbonyl (C=O) groups is 1. The summed E-state index contributed by atoms with van der Waals surface area (Å²) >= 11 is 0. The zero-order valence-electron chi connectivity index (χ0n) is 15.5. The summed E-state index contributed by atoms with van der Waals surface area (Å²) in [4.78, 5) is 15.9. The van der Waals surface area contributed by atoms with Crippen molar-refractivity contribution in [3.05, 3.63) is 18.2 Å². The molecule has 0 aromatic heterocycles. The van der Waals surface area contributed by atoms with Gasteiger partial charge in [0.2, 0.25) is 12.7 Å². The Morgan fingerprint density at radius 2 is 1.96 bits per heavy atom. The number of hydrogen-bond donors (Lipinski definition) is 3. The smallest absolute Gasteiger partial charge is 0.239 e. The third-order valence-corrected chi connectivity index (χ3v) is 3.16. The first-order valence-corrected chi connectivity index (χ1v) is 8.15. The molecule has 1 aromatic carbocycles. The molecule has 8 nitrogen and oxygen atoms in total. The molecule has 3 N–H and O–H groups in total. The van der Waals surface area contributed by atoms with Gasteiger partial charge in [0.1, 0.15) is 12.4 Å². The van der Waals surface area contributed by atoms with Crippen LogP contribution in [0.2, 0.25) is 0 Å². The summed E-state index contributed by atoms with van der Waals surface area (Å²) in [6, 6.07) is 5.45. The second kappa shape index (κ2) is 10.3. The van der Waals surface area contributed by atoms with E-state index in [1.165, 1.54) is 0 Å². The summed E-state index contributed by atoms with van der Waals surface area (Å²) in [6.45, 7) is 7.18. The van der Waals surface area contributed by atoms with Crippen LogP contribution in [0.4, 0.5) is 0 Å². The highest BCUT2D eigenvalue weighted by Crippen LogP contribution is 2.34. The normalized spacial score (nSPS) is 12.8. The van der Waals surface area contributed by atoms with Gasteiger partial charge in [-0.3, -0.25) is 9.79 Å². The summed E-state index contributed by atoms with van der Waals surface area (Å²) in [5.74, 6) is 2.57. The third-order valence-electron chi connectivity index (χ3n) is 3.16. The van der Waals surface area contributed by atoms with E-state index in [2.05, 4.69) is 20.9 Å². The van der Waals surface area contributed by atoms with E-state index in [1.54, 1.807) is 13.1 Å². The molecule has 1 aliphatic heterocycles. The molecule has 2 rings (SSSR count). The van der Waals surface area contributed by atoms with E-state index in [0.717, 1.165) is 5.75 Å². The first kappa shape index (κ1) is 22.1. The number of nitrogens with one attached hydrogen (secondary N) is 3. The minimum Gasteiger partial charge on any atom is -0.492 e. The average Bonchev–Trinajstić information content (AvgIpc) is 3.00. The molecule has 1 aromatic rings. The second-order valence-electron chi connectivity index (χ2n) is 6.51. The lowest BCUT2D eigenvalue weighted by Crippen LogP contribution is -2.48. The van der Waals surface area contributed by atoms with Crippen LogP contribution in [-0.4, -0.2) is 50.9 Å². The van der Waals surface area contributed by atoms with E-state index in [4.69, 9.17) is 14.2 Å². The highest BCUT2D eigenvalue weighted by atomic mass is 127. The number of fused-ring (bicyclic) bond motifs is 1. The van der Waals surface area contributed by atoms with Crippen molar-refractivity contribution in [2.45, 2.75) is 26.3 Å². The quantitative estimate of drug-likeness (QED) is 0.249. The molecule has 0 radical (unpaired) electrons. The number of ether oxygens (including phenoxy) is 3. The number of halogens is 1. The van der Waals surface area contributed by atoms with Gasteiger partial charge in [-0.1, -0.05) is 0 Å². The Bertz CT molecular complexity index is 632. The van der Waals surface area contributed by atoms with Crippen LogP contribution in [0.1, 0.15) is 20.8 Å². The molecule has 0 unspecified atom stereocenters. The molecule has 1 heterocycles. The van der Waals surface area contributed by atoms with Crippen molar-refractivity contribution in [2.24, 2.45) is 4.99 Å². The van der Waals surface area contributed by atoms with Crippen LogP contribution < -0.4 is 30.2 Å². The number of nitrogens with zero attached hydrogens (tertiary/aromatic N) is 1. The fraction of sp³-hybridized carbons (Fsp3) is 0.529. The van der Waals surface area contributed by atoms with Crippen molar-refractivity contribution < 1.29 is 19.0 Å². The van der Waals surface area contributed by atoms with Crippen LogP contribution in [0.5, 0.6) is 17.2 Å². The van der Waals surface area contributed by atoms with Crippen molar-refractivity contribution in [1.29, 1.82) is 0 Å². The van der Waals surface area contributed by atoms with E-state index < -0.39 is 0 Å². The predicted molar refractivity (Wildman–Crippen MR) is 111 cm³/mol. The van der Waals surface area contributed by atoms with Gasteiger partial charge in [0.15, 0.2) is 17.5 Å². The highest BCUT2D eigenvalue weighted by Gasteiger charge is 2.14. The summed E-state index contributed by atoms with van der Waals surface area (Å²) in [7, 11) is 1.65. The number of hydrogen-bond acceptors (Lipinski definition) is 5. The molecule has 0 spiro atoms. The number of rotatable bonds is 6. The lowest BCUT2D eigenvalue weighted by molar-refractivity contribution is -0.121. The Labute approximate surface area is 171 Å². The molecule has 0 aliphatic carbocycles. The first-order valence-electron chi connectivity index (χ1n) is 8.15. The Balaban J connectivity index is 0.00000338. The maximum atomic E-state index is 11.8. The molecule has 0 fully saturated rings. The van der Waals surface area contributed by atoms with Crippen LogP contribution in [0.3, 0.4) is 0 Å². The fourth-order valence-electron chi connectivity index (χ4n) is 2.15. The maximum Gasteiger partial charge on any atom is 0.239 e. The lowest BCUT2D eigenvalue weighted by Gasteiger charge is -2.21. The van der Waals surface area contributed by atoms with E-state index >= 15 is 0 Å². The summed E-state index contributed by atoms with van der Waals surface area (Å²) in [5.41, 5.74) is -0.256. The number of aliphatic imine (C=N–C) groups is 1. The van der Waals surface area contributed by atoms with Crippen LogP contribution >= 0.6 is 24.0 Å². The van der Waals surface area contributed by atoms with Gasteiger partial charge >= 0.3 is 0 Å². The molecule has 26 heavy (non-hydrogen) atoms. The van der Waals surface area contributed by atoms with Crippen LogP contribution in [0.25, 0.3) is 0 Å². The van der Waals surface area contributed by atoms with Crippen molar-refractivity contribution in [3.63, 3.8) is 0 Å². The standard InChI is InChI=1S/C17H26N4O4.HI/c1-17(2,3)21-15(22)10-20-16(18-4)19-7-8-23-12-5-6-13-14(9-12)25-11-24-13;/h5-6,9H,7-8,10-11H2,1-4H3,(H,21,22)(H2,18,19,20);1H. The van der Waals surface area contributed by atoms with E-state index in [9.17, 15) is 4.79 Å². The van der Waals surface area contributed by atoms with Crippen molar-refractivity contribution >= 4 is 35.8 Å². The SMILES string of the molecule is CN=C(NCCOc1ccc2c(c1)OCO2)NCC(=O)NC(C)(C)C.I. The van der Waals surface area contributed by atoms with Gasteiger partial charge in [0.25, 0.3) is 0 Å². The van der Waals surface area contributed by atoms with Crippen molar-refractivity contribution in [3.8, 4) is 17.2 Å². The predicted octanol–water partition coefficient (Wildman–Crippen LogP) is 1.49. The third kappa shape index (κ3) is 7.54. The number of benzene rings is 1. The van der Waals surface area contributed by atoms with Gasteiger partial charge in [-0.25, -0.2) is 0 Å². The van der Waals surface area contributed by atoms with E-state index in [1.807, 2.05) is 32.9 Å². The van der Waals surface area contributed by atoms with Crippen LogP contribution in [0.15, 0.2) is 23.2 Å². The van der Waals surface area contributed by atoms with Gasteiger partial charge in [-0.05, 0) is 32.9 Å². The molecule has 0 saturated heterocycles. The molecule has 146 valence electrons. The Morgan fingerprint density at radius 3 is 2.65 bits per heavy atom. The minimum atomic E-state index is -0.256. The Kier molecular flexibility index (Phi) is 8.76. The van der Waals surface area contributed by atoms with E-state index in [-0.39, 0.29) is 48.8 Å². The summed E-state index contributed by atoms with van der Waals surface area (Å²) in [6.07, 6.45) is 0. The average molecular weight is 478 g/mol. The summed E-state index contributed by atoms with van der Waals surface area (Å²) < 4.78 is 16.2. The van der Waals surface area contributed by atoms with Gasteiger partial charge < -0.3 is 30.2 Å². The lowest BCUT2D eigenvalue weighted by atomic mass is 10.1. The molecule has 1 amide bonds. The number of amides is 1. The Hall–Kier alpha value is -1.91. The Morgan fingerprint density at radius 1 is 1.23 bits per heavy atom. The molecular formula is C17H27IN4O4. The summed E-state index contributed by atoms with van der Waals surface area (Å²) in [5, 5.41) is 8.92. The number of carbonyl (C=O) groups excluding carboxylic acids is 1. The molecule has 0 saturated carbocycles. The molecular weight excluding hydrogens is 451 g/mol. The minimum absolute atomic E-state index is 0. The van der Waals surface area contributed by atoms with Gasteiger partial charge in [-0.2, -0.15) is 0 Å². The monoisotopic (exact) mass is 478 g/mol. The largest absolute Gasteiger partial charge is 0.492 e. The highest BCUT2D eigenvalue weighted by molar-refractivity contribution is 14.0. The van der Waals surface area contributed by atoms with Gasteiger partial charge in [0, 0.05) is 18.7 Å².